The second kappa shape index (κ2) is 6.11. The minimum absolute atomic E-state index is 0.0779. The number of nitrogens with zero attached hydrogens (tertiary/aromatic N) is 2. The van der Waals surface area contributed by atoms with Crippen LogP contribution >= 0.6 is 0 Å². The van der Waals surface area contributed by atoms with Gasteiger partial charge in [-0.15, -0.1) is 0 Å². The maximum Gasteiger partial charge on any atom is 0.302 e. The fourth-order valence-corrected chi connectivity index (χ4v) is 7.71. The van der Waals surface area contributed by atoms with Crippen molar-refractivity contribution in [3.05, 3.63) is 103 Å². The summed E-state index contributed by atoms with van der Waals surface area (Å²) in [6.07, 6.45) is 0. The molecule has 0 radical (unpaired) electrons. The molecule has 0 unspecified atom stereocenters. The van der Waals surface area contributed by atoms with Gasteiger partial charge in [0.1, 0.15) is 11.2 Å². The van der Waals surface area contributed by atoms with Crippen molar-refractivity contribution in [3.63, 3.8) is 0 Å². The van der Waals surface area contributed by atoms with Gasteiger partial charge in [0.25, 0.3) is 0 Å². The Kier molecular flexibility index (Phi) is 2.97. The van der Waals surface area contributed by atoms with E-state index in [4.69, 9.17) is 8.83 Å². The largest absolute Gasteiger partial charge is 0.468 e. The molecule has 4 aromatic heterocycles. The molecular weight excluding hydrogens is 479 g/mol. The summed E-state index contributed by atoms with van der Waals surface area (Å²) >= 11 is 0. The van der Waals surface area contributed by atoms with Gasteiger partial charge in [-0.2, -0.15) is 0 Å². The van der Waals surface area contributed by atoms with E-state index in [1.54, 1.807) is 0 Å². The van der Waals surface area contributed by atoms with E-state index < -0.39 is 0 Å². The summed E-state index contributed by atoms with van der Waals surface area (Å²) in [6.45, 7) is -0.0779. The Bertz CT molecular complexity index is 2570. The van der Waals surface area contributed by atoms with Crippen LogP contribution in [-0.2, 0) is 0 Å². The summed E-state index contributed by atoms with van der Waals surface area (Å²) < 4.78 is 18.4. The van der Waals surface area contributed by atoms with Gasteiger partial charge in [-0.1, -0.05) is 66.7 Å². The molecule has 0 saturated carbocycles. The molecule has 0 amide bonds. The summed E-state index contributed by atoms with van der Waals surface area (Å²) in [5.74, 6) is 0.898. The summed E-state index contributed by atoms with van der Waals surface area (Å²) in [7, 11) is 0. The Labute approximate surface area is 221 Å². The number of aromatic nitrogens is 2. The van der Waals surface area contributed by atoms with E-state index in [0.29, 0.717) is 0 Å². The van der Waals surface area contributed by atoms with Crippen LogP contribution in [0.5, 0.6) is 0 Å². The number of hydrogen-bond donors (Lipinski definition) is 0. The molecule has 0 atom stereocenters. The minimum atomic E-state index is -0.0779. The molecule has 2 aliphatic rings. The second-order valence-electron chi connectivity index (χ2n) is 10.8. The van der Waals surface area contributed by atoms with E-state index >= 15 is 0 Å². The van der Waals surface area contributed by atoms with Gasteiger partial charge in [0.05, 0.1) is 33.4 Å². The fraction of sp³-hybridized carbons (Fsp3) is 0. The van der Waals surface area contributed by atoms with Crippen molar-refractivity contribution >= 4 is 88.8 Å². The highest BCUT2D eigenvalue weighted by Gasteiger charge is 2.46. The fourth-order valence-electron chi connectivity index (χ4n) is 7.71. The van der Waals surface area contributed by atoms with Crippen LogP contribution in [0.3, 0.4) is 0 Å². The van der Waals surface area contributed by atoms with Crippen molar-refractivity contribution in [1.29, 1.82) is 0 Å². The van der Waals surface area contributed by atoms with Gasteiger partial charge >= 0.3 is 6.71 Å². The molecular formula is C34H17BN2O2. The van der Waals surface area contributed by atoms with Crippen molar-refractivity contribution in [3.8, 4) is 11.6 Å². The molecule has 178 valence electrons. The number of furan rings is 2. The van der Waals surface area contributed by atoms with E-state index in [9.17, 15) is 0 Å². The van der Waals surface area contributed by atoms with Crippen LogP contribution in [0.2, 0.25) is 0 Å². The number of para-hydroxylation sites is 4. The Morgan fingerprint density at radius 3 is 1.79 bits per heavy atom. The third-order valence-corrected chi connectivity index (χ3v) is 9.10. The molecule has 0 spiro atoms. The molecule has 0 saturated heterocycles. The molecule has 11 rings (SSSR count). The molecule has 0 aliphatic carbocycles. The standard InChI is InChI=1S/C34H17BN2O2/c1-5-13-24-18(9-1)22-17-23-19-10-2-6-14-25(19)37-31(23)29-30(22)36(24)32-21-12-4-8-16-27(21)38-33(32)35(29)28-20-11-3-7-15-26(20)39-34(28)37/h1-17H. The van der Waals surface area contributed by atoms with Crippen LogP contribution < -0.4 is 16.6 Å². The average Bonchev–Trinajstić information content (AvgIpc) is 3.72. The van der Waals surface area contributed by atoms with Crippen LogP contribution in [-0.4, -0.2) is 15.8 Å². The number of rotatable bonds is 0. The smallest absolute Gasteiger partial charge is 0.302 e. The van der Waals surface area contributed by atoms with Gasteiger partial charge in [0, 0.05) is 37.8 Å². The van der Waals surface area contributed by atoms with Gasteiger partial charge in [-0.05, 0) is 41.9 Å². The van der Waals surface area contributed by atoms with E-state index in [-0.39, 0.29) is 6.71 Å². The number of fused-ring (bicyclic) bond motifs is 16. The summed E-state index contributed by atoms with van der Waals surface area (Å²) in [5.41, 5.74) is 11.3. The molecule has 6 heterocycles. The normalized spacial score (nSPS) is 13.6. The van der Waals surface area contributed by atoms with Gasteiger partial charge in [-0.25, -0.2) is 0 Å². The highest BCUT2D eigenvalue weighted by Crippen LogP contribution is 2.44. The molecule has 4 nitrogen and oxygen atoms in total. The molecule has 0 fully saturated rings. The van der Waals surface area contributed by atoms with Gasteiger partial charge in [0.15, 0.2) is 0 Å². The molecule has 5 aromatic carbocycles. The molecule has 0 N–H and O–H groups in total. The van der Waals surface area contributed by atoms with E-state index in [1.807, 2.05) is 0 Å². The highest BCUT2D eigenvalue weighted by molar-refractivity contribution is 7.01. The monoisotopic (exact) mass is 496 g/mol. The maximum absolute atomic E-state index is 6.86. The molecule has 39 heavy (non-hydrogen) atoms. The van der Waals surface area contributed by atoms with E-state index in [1.165, 1.54) is 54.5 Å². The van der Waals surface area contributed by atoms with Crippen molar-refractivity contribution in [2.75, 3.05) is 0 Å². The second-order valence-corrected chi connectivity index (χ2v) is 10.8. The summed E-state index contributed by atoms with van der Waals surface area (Å²) in [4.78, 5) is 0. The third kappa shape index (κ3) is 1.94. The lowest BCUT2D eigenvalue weighted by molar-refractivity contribution is 0.592. The Hall–Kier alpha value is -5.16. The Morgan fingerprint density at radius 2 is 1.05 bits per heavy atom. The van der Waals surface area contributed by atoms with E-state index in [2.05, 4.69) is 112 Å². The molecule has 9 aromatic rings. The van der Waals surface area contributed by atoms with E-state index in [0.717, 1.165) is 39.2 Å². The first-order valence-corrected chi connectivity index (χ1v) is 13.4. The third-order valence-electron chi connectivity index (χ3n) is 9.10. The van der Waals surface area contributed by atoms with Crippen molar-refractivity contribution in [1.82, 2.24) is 9.13 Å². The number of benzene rings is 5. The molecule has 5 heteroatoms. The lowest BCUT2D eigenvalue weighted by Crippen LogP contribution is -2.58. The van der Waals surface area contributed by atoms with Crippen molar-refractivity contribution in [2.45, 2.75) is 0 Å². The Balaban J connectivity index is 1.52. The van der Waals surface area contributed by atoms with Gasteiger partial charge in [-0.3, -0.25) is 4.57 Å². The predicted molar refractivity (Wildman–Crippen MR) is 159 cm³/mol. The first-order chi connectivity index (χ1) is 19.4. The molecule has 2 aliphatic heterocycles. The topological polar surface area (TPSA) is 36.1 Å². The summed E-state index contributed by atoms with van der Waals surface area (Å²) in [5, 5.41) is 7.33. The predicted octanol–water partition coefficient (Wildman–Crippen LogP) is 6.52. The first-order valence-electron chi connectivity index (χ1n) is 13.4. The first kappa shape index (κ1) is 19.0. The lowest BCUT2D eigenvalue weighted by atomic mass is 9.36. The van der Waals surface area contributed by atoms with Crippen LogP contribution in [0.4, 0.5) is 0 Å². The van der Waals surface area contributed by atoms with Crippen LogP contribution in [0, 0.1) is 0 Å². The van der Waals surface area contributed by atoms with Crippen molar-refractivity contribution in [2.24, 2.45) is 0 Å². The lowest BCUT2D eigenvalue weighted by Gasteiger charge is -2.28. The SMILES string of the molecule is c1ccc2c3c(oc2c1)-n1c2ccccc2c2cc4c5ccccc5n5c4c(c21)B3c1oc2ccccc2c1-5. The quantitative estimate of drug-likeness (QED) is 0.224. The average molecular weight is 496 g/mol. The summed E-state index contributed by atoms with van der Waals surface area (Å²) in [6, 6.07) is 36.8. The zero-order valence-electron chi connectivity index (χ0n) is 20.6. The van der Waals surface area contributed by atoms with Crippen LogP contribution in [0.15, 0.2) is 112 Å². The van der Waals surface area contributed by atoms with Gasteiger partial charge < -0.3 is 13.4 Å². The zero-order chi connectivity index (χ0) is 25.0. The highest BCUT2D eigenvalue weighted by atomic mass is 16.4. The minimum Gasteiger partial charge on any atom is -0.468 e. The zero-order valence-corrected chi connectivity index (χ0v) is 20.6. The van der Waals surface area contributed by atoms with Crippen molar-refractivity contribution < 1.29 is 8.83 Å². The molecule has 0 bridgehead atoms. The van der Waals surface area contributed by atoms with Gasteiger partial charge in [0.2, 0.25) is 5.88 Å². The number of hydrogen-bond acceptors (Lipinski definition) is 2. The van der Waals surface area contributed by atoms with Crippen LogP contribution in [0.25, 0.3) is 77.1 Å². The van der Waals surface area contributed by atoms with Crippen LogP contribution in [0.1, 0.15) is 0 Å². The maximum atomic E-state index is 6.86. The Morgan fingerprint density at radius 1 is 0.487 bits per heavy atom.